The van der Waals surface area contributed by atoms with Crippen molar-refractivity contribution in [3.05, 3.63) is 46.4 Å². The number of nitro benzene ring substituents is 1. The molecule has 2 aromatic heterocycles. The number of rotatable bonds is 6. The van der Waals surface area contributed by atoms with Crippen molar-refractivity contribution in [1.29, 1.82) is 0 Å². The van der Waals surface area contributed by atoms with Crippen LogP contribution in [0.1, 0.15) is 5.76 Å². The van der Waals surface area contributed by atoms with E-state index in [0.717, 1.165) is 23.4 Å². The van der Waals surface area contributed by atoms with Gasteiger partial charge in [-0.3, -0.25) is 10.1 Å². The average Bonchev–Trinajstić information content (AvgIpc) is 3.33. The van der Waals surface area contributed by atoms with E-state index in [9.17, 15) is 18.5 Å². The summed E-state index contributed by atoms with van der Waals surface area (Å²) in [5.74, 6) is 1.25. The third-order valence-electron chi connectivity index (χ3n) is 5.36. The molecular weight excluding hydrogens is 456 g/mol. The van der Waals surface area contributed by atoms with Gasteiger partial charge in [-0.25, -0.2) is 8.42 Å². The van der Waals surface area contributed by atoms with Gasteiger partial charge in [-0.05, 0) is 43.9 Å². The van der Waals surface area contributed by atoms with E-state index in [-0.39, 0.29) is 15.5 Å². The van der Waals surface area contributed by atoms with Gasteiger partial charge >= 0.3 is 0 Å². The monoisotopic (exact) mass is 478 g/mol. The summed E-state index contributed by atoms with van der Waals surface area (Å²) in [5.41, 5.74) is 0.476. The Bertz CT molecular complexity index is 1260. The number of aromatic nitrogens is 3. The number of sulfonamides is 1. The second kappa shape index (κ2) is 8.65. The van der Waals surface area contributed by atoms with Crippen molar-refractivity contribution >= 4 is 27.5 Å². The molecule has 1 fully saturated rings. The third-order valence-corrected chi connectivity index (χ3v) is 8.36. The summed E-state index contributed by atoms with van der Waals surface area (Å²) >= 11 is 1.05. The molecule has 0 atom stereocenters. The van der Waals surface area contributed by atoms with Crippen LogP contribution >= 0.6 is 11.8 Å². The van der Waals surface area contributed by atoms with Gasteiger partial charge in [0.05, 0.1) is 26.5 Å². The number of piperazine rings is 1. The number of nitro groups is 1. The van der Waals surface area contributed by atoms with E-state index < -0.39 is 14.9 Å². The second-order valence-corrected chi connectivity index (χ2v) is 10.4. The Morgan fingerprint density at radius 3 is 2.47 bits per heavy atom. The highest BCUT2D eigenvalue weighted by atomic mass is 32.2. The van der Waals surface area contributed by atoms with Gasteiger partial charge in [0.15, 0.2) is 11.0 Å². The predicted octanol–water partition coefficient (Wildman–Crippen LogP) is 2.38. The first kappa shape index (κ1) is 22.5. The smallest absolute Gasteiger partial charge is 0.284 e. The zero-order valence-electron chi connectivity index (χ0n) is 17.8. The molecule has 0 amide bonds. The Labute approximate surface area is 189 Å². The van der Waals surface area contributed by atoms with E-state index in [1.165, 1.54) is 16.4 Å². The molecule has 1 saturated heterocycles. The van der Waals surface area contributed by atoms with Crippen LogP contribution < -0.4 is 0 Å². The Morgan fingerprint density at radius 1 is 1.12 bits per heavy atom. The molecule has 13 heteroatoms. The summed E-state index contributed by atoms with van der Waals surface area (Å²) in [6.07, 6.45) is 1.55. The SMILES string of the molecule is Cc1occc1-c1nnc(Sc2ccc(S(=O)(=O)N3CCN(C)CC3)cc2[N+](=O)[O-])n1C. The molecular formula is C19H22N6O5S2. The normalized spacial score (nSPS) is 15.8. The van der Waals surface area contributed by atoms with Gasteiger partial charge in [-0.2, -0.15) is 4.31 Å². The van der Waals surface area contributed by atoms with Crippen molar-refractivity contribution in [2.45, 2.75) is 21.9 Å². The number of benzene rings is 1. The minimum Gasteiger partial charge on any atom is -0.469 e. The number of nitrogens with zero attached hydrogens (tertiary/aromatic N) is 6. The van der Waals surface area contributed by atoms with Crippen molar-refractivity contribution in [2.75, 3.05) is 33.2 Å². The lowest BCUT2D eigenvalue weighted by molar-refractivity contribution is -0.388. The average molecular weight is 479 g/mol. The van der Waals surface area contributed by atoms with Gasteiger partial charge in [0.25, 0.3) is 5.69 Å². The summed E-state index contributed by atoms with van der Waals surface area (Å²) in [6.45, 7) is 3.72. The third kappa shape index (κ3) is 4.16. The lowest BCUT2D eigenvalue weighted by Gasteiger charge is -2.31. The van der Waals surface area contributed by atoms with Crippen molar-refractivity contribution in [2.24, 2.45) is 7.05 Å². The quantitative estimate of drug-likeness (QED) is 0.387. The van der Waals surface area contributed by atoms with Crippen LogP contribution in [0.15, 0.2) is 49.9 Å². The summed E-state index contributed by atoms with van der Waals surface area (Å²) in [6, 6.07) is 5.74. The van der Waals surface area contributed by atoms with Crippen molar-refractivity contribution in [1.82, 2.24) is 24.0 Å². The summed E-state index contributed by atoms with van der Waals surface area (Å²) in [7, 11) is -0.145. The Morgan fingerprint density at radius 2 is 1.84 bits per heavy atom. The van der Waals surface area contributed by atoms with Gasteiger partial charge in [0, 0.05) is 39.3 Å². The number of furan rings is 1. The molecule has 0 N–H and O–H groups in total. The van der Waals surface area contributed by atoms with Crippen LogP contribution in [0.2, 0.25) is 0 Å². The summed E-state index contributed by atoms with van der Waals surface area (Å²) in [4.78, 5) is 13.4. The molecule has 1 aromatic carbocycles. The molecule has 0 aliphatic carbocycles. The van der Waals surface area contributed by atoms with Crippen LogP contribution in [0, 0.1) is 17.0 Å². The summed E-state index contributed by atoms with van der Waals surface area (Å²) in [5, 5.41) is 20.5. The molecule has 3 heterocycles. The Balaban J connectivity index is 1.64. The van der Waals surface area contributed by atoms with Crippen LogP contribution in [-0.4, -0.2) is 70.5 Å². The van der Waals surface area contributed by atoms with Crippen LogP contribution in [0.25, 0.3) is 11.4 Å². The fourth-order valence-electron chi connectivity index (χ4n) is 3.42. The Hall–Kier alpha value is -2.74. The van der Waals surface area contributed by atoms with Gasteiger partial charge in [0.2, 0.25) is 10.0 Å². The minimum absolute atomic E-state index is 0.0919. The van der Waals surface area contributed by atoms with Gasteiger partial charge in [-0.15, -0.1) is 10.2 Å². The van der Waals surface area contributed by atoms with Crippen molar-refractivity contribution in [3.63, 3.8) is 0 Å². The standard InChI is InChI=1S/C19H22N6O5S2/c1-13-15(6-11-30-13)18-20-21-19(23(18)3)31-17-5-4-14(12-16(17)25(26)27)32(28,29)24-9-7-22(2)8-10-24/h4-6,11-12H,7-10H2,1-3H3. The Kier molecular flexibility index (Phi) is 6.07. The van der Waals surface area contributed by atoms with Gasteiger partial charge in [-0.1, -0.05) is 0 Å². The molecule has 0 spiro atoms. The number of hydrogen-bond acceptors (Lipinski definition) is 9. The highest BCUT2D eigenvalue weighted by molar-refractivity contribution is 7.99. The minimum atomic E-state index is -3.82. The maximum absolute atomic E-state index is 13.0. The molecule has 32 heavy (non-hydrogen) atoms. The van der Waals surface area contributed by atoms with E-state index in [2.05, 4.69) is 10.2 Å². The van der Waals surface area contributed by atoms with Gasteiger partial charge in [0.1, 0.15) is 5.76 Å². The number of aryl methyl sites for hydroxylation is 1. The van der Waals surface area contributed by atoms with Crippen LogP contribution in [0.3, 0.4) is 0 Å². The molecule has 170 valence electrons. The first-order chi connectivity index (χ1) is 15.2. The van der Waals surface area contributed by atoms with E-state index in [1.54, 1.807) is 30.9 Å². The molecule has 1 aliphatic rings. The first-order valence-electron chi connectivity index (χ1n) is 9.77. The van der Waals surface area contributed by atoms with E-state index in [4.69, 9.17) is 4.42 Å². The first-order valence-corrected chi connectivity index (χ1v) is 12.0. The van der Waals surface area contributed by atoms with Gasteiger partial charge < -0.3 is 13.9 Å². The van der Waals surface area contributed by atoms with Crippen LogP contribution in [-0.2, 0) is 17.1 Å². The zero-order valence-corrected chi connectivity index (χ0v) is 19.4. The van der Waals surface area contributed by atoms with Crippen molar-refractivity contribution in [3.8, 4) is 11.4 Å². The number of likely N-dealkylation sites (N-methyl/N-ethyl adjacent to an activating group) is 1. The highest BCUT2D eigenvalue weighted by Crippen LogP contribution is 2.37. The lowest BCUT2D eigenvalue weighted by atomic mass is 10.2. The molecule has 3 aromatic rings. The molecule has 0 unspecified atom stereocenters. The summed E-state index contributed by atoms with van der Waals surface area (Å²) < 4.78 is 34.4. The molecule has 1 aliphatic heterocycles. The van der Waals surface area contributed by atoms with Crippen molar-refractivity contribution < 1.29 is 17.8 Å². The fourth-order valence-corrected chi connectivity index (χ4v) is 5.74. The second-order valence-electron chi connectivity index (χ2n) is 7.45. The lowest BCUT2D eigenvalue weighted by Crippen LogP contribution is -2.47. The molecule has 4 rings (SSSR count). The van der Waals surface area contributed by atoms with Crippen LogP contribution in [0.4, 0.5) is 5.69 Å². The highest BCUT2D eigenvalue weighted by Gasteiger charge is 2.30. The molecule has 11 nitrogen and oxygen atoms in total. The predicted molar refractivity (Wildman–Crippen MR) is 117 cm³/mol. The fraction of sp³-hybridized carbons (Fsp3) is 0.368. The number of hydrogen-bond donors (Lipinski definition) is 0. The van der Waals surface area contributed by atoms with Crippen LogP contribution in [0.5, 0.6) is 0 Å². The van der Waals surface area contributed by atoms with E-state index >= 15 is 0 Å². The van der Waals surface area contributed by atoms with E-state index in [1.807, 2.05) is 11.9 Å². The molecule has 0 saturated carbocycles. The molecule has 0 bridgehead atoms. The molecule has 0 radical (unpaired) electrons. The largest absolute Gasteiger partial charge is 0.469 e. The van der Waals surface area contributed by atoms with E-state index in [0.29, 0.717) is 42.9 Å². The topological polar surface area (TPSA) is 128 Å². The maximum atomic E-state index is 13.0. The zero-order chi connectivity index (χ0) is 23.0. The maximum Gasteiger partial charge on any atom is 0.284 e.